The van der Waals surface area contributed by atoms with Crippen molar-refractivity contribution in [1.29, 1.82) is 0 Å². The summed E-state index contributed by atoms with van der Waals surface area (Å²) in [5.41, 5.74) is 1.08. The topological polar surface area (TPSA) is 50.7 Å². The molecule has 0 saturated heterocycles. The Labute approximate surface area is 103 Å². The highest BCUT2D eigenvalue weighted by molar-refractivity contribution is 7.10. The zero-order valence-electron chi connectivity index (χ0n) is 9.52. The van der Waals surface area contributed by atoms with Crippen LogP contribution in [0.5, 0.6) is 0 Å². The Morgan fingerprint density at radius 1 is 1.44 bits per heavy atom. The van der Waals surface area contributed by atoms with E-state index in [0.717, 1.165) is 23.1 Å². The lowest BCUT2D eigenvalue weighted by atomic mass is 10.3. The third kappa shape index (κ3) is 2.56. The van der Waals surface area contributed by atoms with Crippen LogP contribution in [0.25, 0.3) is 0 Å². The number of hydrogen-bond donors (Lipinski definition) is 1. The van der Waals surface area contributed by atoms with Crippen LogP contribution in [0, 0.1) is 6.92 Å². The molecule has 1 N–H and O–H groups in total. The summed E-state index contributed by atoms with van der Waals surface area (Å²) in [6.45, 7) is 6.10. The van der Waals surface area contributed by atoms with E-state index in [9.17, 15) is 0 Å². The molecule has 0 fully saturated rings. The first-order valence-electron chi connectivity index (χ1n) is 5.20. The Bertz CT molecular complexity index is 463. The van der Waals surface area contributed by atoms with Crippen LogP contribution < -0.4 is 5.32 Å². The third-order valence-corrected chi connectivity index (χ3v) is 3.93. The molecule has 1 atom stereocenters. The number of hydrogen-bond acceptors (Lipinski definition) is 6. The first-order chi connectivity index (χ1) is 7.69. The summed E-state index contributed by atoms with van der Waals surface area (Å²) in [5.74, 6) is 0.812. The van der Waals surface area contributed by atoms with Crippen molar-refractivity contribution in [2.45, 2.75) is 33.2 Å². The zero-order chi connectivity index (χ0) is 11.5. The van der Waals surface area contributed by atoms with E-state index in [-0.39, 0.29) is 6.04 Å². The number of anilines is 1. The van der Waals surface area contributed by atoms with Crippen molar-refractivity contribution in [2.24, 2.45) is 0 Å². The lowest BCUT2D eigenvalue weighted by Gasteiger charge is -2.08. The second-order valence-corrected chi connectivity index (χ2v) is 5.23. The molecule has 0 radical (unpaired) electrons. The van der Waals surface area contributed by atoms with Gasteiger partial charge in [0.05, 0.1) is 16.7 Å². The number of rotatable bonds is 4. The molecule has 0 aliphatic rings. The Morgan fingerprint density at radius 2 is 2.25 bits per heavy atom. The Hall–Kier alpha value is -1.01. The highest BCUT2D eigenvalue weighted by Gasteiger charge is 2.11. The van der Waals surface area contributed by atoms with Crippen LogP contribution >= 0.6 is 22.9 Å². The van der Waals surface area contributed by atoms with Crippen LogP contribution in [0.1, 0.15) is 36.4 Å². The minimum atomic E-state index is 0.184. The SMILES string of the molecule is CCc1nc(C(C)Nc2nc(C)ns2)cs1. The highest BCUT2D eigenvalue weighted by Crippen LogP contribution is 2.22. The molecule has 0 saturated carbocycles. The summed E-state index contributed by atoms with van der Waals surface area (Å²) in [6, 6.07) is 0.184. The predicted octanol–water partition coefficient (Wildman–Crippen LogP) is 3.04. The van der Waals surface area contributed by atoms with Gasteiger partial charge in [-0.05, 0) is 20.3 Å². The third-order valence-electron chi connectivity index (χ3n) is 2.18. The zero-order valence-corrected chi connectivity index (χ0v) is 11.2. The van der Waals surface area contributed by atoms with E-state index < -0.39 is 0 Å². The molecular formula is C10H14N4S2. The van der Waals surface area contributed by atoms with Crippen molar-refractivity contribution < 1.29 is 0 Å². The van der Waals surface area contributed by atoms with Crippen molar-refractivity contribution in [1.82, 2.24) is 14.3 Å². The lowest BCUT2D eigenvalue weighted by molar-refractivity contribution is 0.836. The highest BCUT2D eigenvalue weighted by atomic mass is 32.1. The average Bonchev–Trinajstić information content (AvgIpc) is 2.87. The van der Waals surface area contributed by atoms with Crippen LogP contribution in [0.2, 0.25) is 0 Å². The fourth-order valence-electron chi connectivity index (χ4n) is 1.30. The van der Waals surface area contributed by atoms with Crippen molar-refractivity contribution >= 4 is 28.0 Å². The monoisotopic (exact) mass is 254 g/mol. The lowest BCUT2D eigenvalue weighted by Crippen LogP contribution is -2.06. The van der Waals surface area contributed by atoms with Crippen molar-refractivity contribution in [3.05, 3.63) is 21.9 Å². The number of thiazole rings is 1. The van der Waals surface area contributed by atoms with Gasteiger partial charge >= 0.3 is 0 Å². The second kappa shape index (κ2) is 4.88. The fraction of sp³-hybridized carbons (Fsp3) is 0.500. The fourth-order valence-corrected chi connectivity index (χ4v) is 2.80. The van der Waals surface area contributed by atoms with Gasteiger partial charge in [-0.25, -0.2) is 9.97 Å². The summed E-state index contributed by atoms with van der Waals surface area (Å²) in [5, 5.41) is 7.44. The molecule has 2 rings (SSSR count). The molecule has 0 aliphatic heterocycles. The quantitative estimate of drug-likeness (QED) is 0.911. The Kier molecular flexibility index (Phi) is 3.50. The molecule has 2 aromatic heterocycles. The summed E-state index contributed by atoms with van der Waals surface area (Å²) in [4.78, 5) is 8.82. The van der Waals surface area contributed by atoms with E-state index in [1.165, 1.54) is 16.5 Å². The molecule has 4 nitrogen and oxygen atoms in total. The number of aryl methyl sites for hydroxylation is 2. The predicted molar refractivity (Wildman–Crippen MR) is 68.2 cm³/mol. The summed E-state index contributed by atoms with van der Waals surface area (Å²) in [7, 11) is 0. The Morgan fingerprint density at radius 3 is 2.81 bits per heavy atom. The van der Waals surface area contributed by atoms with E-state index >= 15 is 0 Å². The molecule has 0 bridgehead atoms. The molecule has 16 heavy (non-hydrogen) atoms. The summed E-state index contributed by atoms with van der Waals surface area (Å²) in [6.07, 6.45) is 0.995. The molecule has 86 valence electrons. The molecule has 2 heterocycles. The van der Waals surface area contributed by atoms with Crippen molar-refractivity contribution in [3.63, 3.8) is 0 Å². The minimum absolute atomic E-state index is 0.184. The smallest absolute Gasteiger partial charge is 0.203 e. The van der Waals surface area contributed by atoms with Gasteiger partial charge in [0.1, 0.15) is 5.82 Å². The van der Waals surface area contributed by atoms with Crippen LogP contribution in [-0.2, 0) is 6.42 Å². The molecule has 6 heteroatoms. The maximum absolute atomic E-state index is 4.54. The number of aromatic nitrogens is 3. The maximum atomic E-state index is 4.54. The first kappa shape index (κ1) is 11.5. The normalized spacial score (nSPS) is 12.7. The van der Waals surface area contributed by atoms with E-state index in [4.69, 9.17) is 0 Å². The van der Waals surface area contributed by atoms with Gasteiger partial charge in [0, 0.05) is 16.9 Å². The van der Waals surface area contributed by atoms with E-state index in [1.807, 2.05) is 6.92 Å². The van der Waals surface area contributed by atoms with Gasteiger partial charge in [0.15, 0.2) is 0 Å². The molecule has 0 aromatic carbocycles. The largest absolute Gasteiger partial charge is 0.352 e. The Balaban J connectivity index is 2.05. The molecular weight excluding hydrogens is 240 g/mol. The van der Waals surface area contributed by atoms with Gasteiger partial charge in [0.2, 0.25) is 5.13 Å². The molecule has 0 aliphatic carbocycles. The van der Waals surface area contributed by atoms with Crippen molar-refractivity contribution in [2.75, 3.05) is 5.32 Å². The van der Waals surface area contributed by atoms with Crippen molar-refractivity contribution in [3.8, 4) is 0 Å². The van der Waals surface area contributed by atoms with E-state index in [0.29, 0.717) is 0 Å². The molecule has 1 unspecified atom stereocenters. The van der Waals surface area contributed by atoms with Crippen LogP contribution in [0.3, 0.4) is 0 Å². The summed E-state index contributed by atoms with van der Waals surface area (Å²) < 4.78 is 4.13. The van der Waals surface area contributed by atoms with Gasteiger partial charge < -0.3 is 5.32 Å². The van der Waals surface area contributed by atoms with Crippen LogP contribution in [0.15, 0.2) is 5.38 Å². The molecule has 2 aromatic rings. The standard InChI is InChI=1S/C10H14N4S2/c1-4-9-13-8(5-15-9)6(2)11-10-12-7(3)14-16-10/h5-6H,4H2,1-3H3,(H,11,12,14). The van der Waals surface area contributed by atoms with Gasteiger partial charge in [-0.2, -0.15) is 4.37 Å². The molecule has 0 amide bonds. The second-order valence-electron chi connectivity index (χ2n) is 3.53. The van der Waals surface area contributed by atoms with Crippen LogP contribution in [0.4, 0.5) is 5.13 Å². The van der Waals surface area contributed by atoms with Gasteiger partial charge in [-0.15, -0.1) is 11.3 Å². The van der Waals surface area contributed by atoms with E-state index in [1.54, 1.807) is 11.3 Å². The average molecular weight is 254 g/mol. The molecule has 0 spiro atoms. The summed E-state index contributed by atoms with van der Waals surface area (Å²) >= 11 is 3.10. The van der Waals surface area contributed by atoms with Crippen LogP contribution in [-0.4, -0.2) is 14.3 Å². The van der Waals surface area contributed by atoms with Gasteiger partial charge in [0.25, 0.3) is 0 Å². The van der Waals surface area contributed by atoms with E-state index in [2.05, 4.69) is 38.9 Å². The maximum Gasteiger partial charge on any atom is 0.203 e. The van der Waals surface area contributed by atoms with Gasteiger partial charge in [-0.1, -0.05) is 6.92 Å². The number of nitrogens with one attached hydrogen (secondary N) is 1. The minimum Gasteiger partial charge on any atom is -0.352 e. The first-order valence-corrected chi connectivity index (χ1v) is 6.85. The van der Waals surface area contributed by atoms with Gasteiger partial charge in [-0.3, -0.25) is 0 Å². The number of nitrogens with zero attached hydrogens (tertiary/aromatic N) is 3.